The van der Waals surface area contributed by atoms with Gasteiger partial charge in [-0.05, 0) is 6.42 Å². The highest BCUT2D eigenvalue weighted by Gasteiger charge is 1.83. The summed E-state index contributed by atoms with van der Waals surface area (Å²) in [5.41, 5.74) is 2.11. The molecule has 3 nitrogen and oxygen atoms in total. The number of rotatable bonds is 5. The SMILES string of the molecule is CCCCCONC#N. The van der Waals surface area contributed by atoms with Gasteiger partial charge in [-0.1, -0.05) is 19.8 Å². The molecule has 0 aliphatic rings. The molecule has 52 valence electrons. The van der Waals surface area contributed by atoms with Gasteiger partial charge in [-0.3, -0.25) is 4.84 Å². The van der Waals surface area contributed by atoms with E-state index in [9.17, 15) is 0 Å². The highest BCUT2D eigenvalue weighted by Crippen LogP contribution is 1.91. The Labute approximate surface area is 55.6 Å². The van der Waals surface area contributed by atoms with Crippen molar-refractivity contribution < 1.29 is 4.84 Å². The van der Waals surface area contributed by atoms with E-state index < -0.39 is 0 Å². The summed E-state index contributed by atoms with van der Waals surface area (Å²) in [5, 5.41) is 7.94. The summed E-state index contributed by atoms with van der Waals surface area (Å²) in [6, 6.07) is 0. The van der Waals surface area contributed by atoms with E-state index >= 15 is 0 Å². The van der Waals surface area contributed by atoms with Gasteiger partial charge in [-0.2, -0.15) is 5.26 Å². The van der Waals surface area contributed by atoms with Crippen LogP contribution in [0.3, 0.4) is 0 Å². The number of unbranched alkanes of at least 4 members (excludes halogenated alkanes) is 2. The smallest absolute Gasteiger partial charge is 0.202 e. The summed E-state index contributed by atoms with van der Waals surface area (Å²) >= 11 is 0. The van der Waals surface area contributed by atoms with Crippen LogP contribution in [0, 0.1) is 11.5 Å². The van der Waals surface area contributed by atoms with Gasteiger partial charge in [0.1, 0.15) is 0 Å². The van der Waals surface area contributed by atoms with Gasteiger partial charge in [0.25, 0.3) is 0 Å². The van der Waals surface area contributed by atoms with Crippen LogP contribution in [-0.4, -0.2) is 6.61 Å². The highest BCUT2D eigenvalue weighted by atomic mass is 16.6. The minimum absolute atomic E-state index is 0.626. The molecule has 0 aromatic heterocycles. The maximum absolute atomic E-state index is 7.94. The predicted octanol–water partition coefficient (Wildman–Crippen LogP) is 1.18. The summed E-state index contributed by atoms with van der Waals surface area (Å²) < 4.78 is 0. The van der Waals surface area contributed by atoms with Crippen molar-refractivity contribution in [1.29, 1.82) is 5.26 Å². The molecule has 0 unspecified atom stereocenters. The number of nitrogens with zero attached hydrogens (tertiary/aromatic N) is 1. The van der Waals surface area contributed by atoms with Crippen molar-refractivity contribution in [3.05, 3.63) is 0 Å². The third-order valence-electron chi connectivity index (χ3n) is 0.968. The van der Waals surface area contributed by atoms with E-state index in [1.807, 2.05) is 0 Å². The first-order valence-corrected chi connectivity index (χ1v) is 3.17. The van der Waals surface area contributed by atoms with E-state index in [4.69, 9.17) is 5.26 Å². The zero-order chi connectivity index (χ0) is 6.95. The summed E-state index contributed by atoms with van der Waals surface area (Å²) in [7, 11) is 0. The molecule has 0 aromatic carbocycles. The lowest BCUT2D eigenvalue weighted by molar-refractivity contribution is 0.0736. The van der Waals surface area contributed by atoms with Crippen LogP contribution in [-0.2, 0) is 4.84 Å². The van der Waals surface area contributed by atoms with Gasteiger partial charge in [-0.25, -0.2) is 5.48 Å². The van der Waals surface area contributed by atoms with E-state index in [0.29, 0.717) is 6.61 Å². The van der Waals surface area contributed by atoms with E-state index in [1.54, 1.807) is 6.19 Å². The van der Waals surface area contributed by atoms with E-state index in [0.717, 1.165) is 12.8 Å². The van der Waals surface area contributed by atoms with E-state index in [2.05, 4.69) is 17.2 Å². The van der Waals surface area contributed by atoms with Crippen molar-refractivity contribution >= 4 is 0 Å². The van der Waals surface area contributed by atoms with Crippen LogP contribution in [0.4, 0.5) is 0 Å². The molecule has 0 fully saturated rings. The standard InChI is InChI=1S/C6H12N2O/c1-2-3-4-5-9-8-6-7/h8H,2-5H2,1H3. The molecule has 0 radical (unpaired) electrons. The number of nitrogens with one attached hydrogen (secondary N) is 1. The average Bonchev–Trinajstić information content (AvgIpc) is 1.89. The zero-order valence-corrected chi connectivity index (χ0v) is 5.68. The second kappa shape index (κ2) is 7.25. The lowest BCUT2D eigenvalue weighted by atomic mass is 10.3. The number of nitriles is 1. The van der Waals surface area contributed by atoms with Gasteiger partial charge in [0.05, 0.1) is 6.61 Å². The zero-order valence-electron chi connectivity index (χ0n) is 5.68. The molecule has 0 aromatic rings. The van der Waals surface area contributed by atoms with Crippen LogP contribution in [0.15, 0.2) is 0 Å². The Kier molecular flexibility index (Phi) is 6.65. The van der Waals surface area contributed by atoms with Crippen molar-refractivity contribution in [3.63, 3.8) is 0 Å². The summed E-state index contributed by atoms with van der Waals surface area (Å²) in [4.78, 5) is 4.67. The second-order valence-electron chi connectivity index (χ2n) is 1.77. The van der Waals surface area contributed by atoms with Crippen molar-refractivity contribution in [2.75, 3.05) is 6.61 Å². The van der Waals surface area contributed by atoms with Crippen molar-refractivity contribution in [1.82, 2.24) is 5.48 Å². The Hall–Kier alpha value is -0.750. The molecule has 0 saturated carbocycles. The van der Waals surface area contributed by atoms with Crippen LogP contribution in [0.2, 0.25) is 0 Å². The number of hydrogen-bond acceptors (Lipinski definition) is 3. The molecule has 0 bridgehead atoms. The molecule has 0 aliphatic carbocycles. The van der Waals surface area contributed by atoms with Crippen LogP contribution >= 0.6 is 0 Å². The Balaban J connectivity index is 2.69. The van der Waals surface area contributed by atoms with Crippen molar-refractivity contribution in [3.8, 4) is 6.19 Å². The van der Waals surface area contributed by atoms with Crippen LogP contribution in [0.25, 0.3) is 0 Å². The highest BCUT2D eigenvalue weighted by molar-refractivity contribution is 4.53. The monoisotopic (exact) mass is 128 g/mol. The molecule has 1 N–H and O–H groups in total. The molecule has 0 heterocycles. The molecule has 9 heavy (non-hydrogen) atoms. The minimum atomic E-state index is 0.626. The van der Waals surface area contributed by atoms with Crippen LogP contribution in [0.1, 0.15) is 26.2 Å². The van der Waals surface area contributed by atoms with Gasteiger partial charge in [-0.15, -0.1) is 0 Å². The molecule has 3 heteroatoms. The third kappa shape index (κ3) is 7.25. The van der Waals surface area contributed by atoms with Crippen LogP contribution < -0.4 is 5.48 Å². The molecule has 0 rings (SSSR count). The Bertz CT molecular complexity index is 87.5. The first kappa shape index (κ1) is 8.25. The molecule has 0 saturated heterocycles. The fraction of sp³-hybridized carbons (Fsp3) is 0.833. The van der Waals surface area contributed by atoms with Crippen molar-refractivity contribution in [2.45, 2.75) is 26.2 Å². The minimum Gasteiger partial charge on any atom is -0.267 e. The van der Waals surface area contributed by atoms with Gasteiger partial charge >= 0.3 is 0 Å². The first-order chi connectivity index (χ1) is 4.41. The van der Waals surface area contributed by atoms with Crippen molar-refractivity contribution in [2.24, 2.45) is 0 Å². The molecule has 0 atom stereocenters. The number of hydrogen-bond donors (Lipinski definition) is 1. The third-order valence-corrected chi connectivity index (χ3v) is 0.968. The second-order valence-corrected chi connectivity index (χ2v) is 1.77. The lowest BCUT2D eigenvalue weighted by Crippen LogP contribution is -2.07. The molecular weight excluding hydrogens is 116 g/mol. The normalized spacial score (nSPS) is 8.44. The quantitative estimate of drug-likeness (QED) is 0.262. The van der Waals surface area contributed by atoms with Gasteiger partial charge < -0.3 is 0 Å². The summed E-state index contributed by atoms with van der Waals surface area (Å²) in [6.07, 6.45) is 5.03. The van der Waals surface area contributed by atoms with E-state index in [1.165, 1.54) is 6.42 Å². The van der Waals surface area contributed by atoms with Gasteiger partial charge in [0, 0.05) is 0 Å². The first-order valence-electron chi connectivity index (χ1n) is 3.17. The maximum atomic E-state index is 7.94. The number of hydroxylamine groups is 1. The molecule has 0 amide bonds. The Morgan fingerprint density at radius 2 is 2.33 bits per heavy atom. The Morgan fingerprint density at radius 1 is 1.56 bits per heavy atom. The Morgan fingerprint density at radius 3 is 2.89 bits per heavy atom. The average molecular weight is 128 g/mol. The largest absolute Gasteiger partial charge is 0.267 e. The molecule has 0 spiro atoms. The molecular formula is C6H12N2O. The fourth-order valence-electron chi connectivity index (χ4n) is 0.508. The van der Waals surface area contributed by atoms with Gasteiger partial charge in [0.15, 0.2) is 0 Å². The summed E-state index contributed by atoms with van der Waals surface area (Å²) in [5.74, 6) is 0. The van der Waals surface area contributed by atoms with Crippen LogP contribution in [0.5, 0.6) is 0 Å². The summed E-state index contributed by atoms with van der Waals surface area (Å²) in [6.45, 7) is 2.75. The van der Waals surface area contributed by atoms with Gasteiger partial charge in [0.2, 0.25) is 6.19 Å². The predicted molar refractivity (Wildman–Crippen MR) is 34.2 cm³/mol. The van der Waals surface area contributed by atoms with E-state index in [-0.39, 0.29) is 0 Å². The maximum Gasteiger partial charge on any atom is 0.202 e. The lowest BCUT2D eigenvalue weighted by Gasteiger charge is -1.96. The topological polar surface area (TPSA) is 45.0 Å². The fourth-order valence-corrected chi connectivity index (χ4v) is 0.508. The molecule has 0 aliphatic heterocycles.